The summed E-state index contributed by atoms with van der Waals surface area (Å²) in [5.41, 5.74) is 9.06. The largest absolute Gasteiger partial charge is 0.503 e. The second kappa shape index (κ2) is 5.48. The second-order valence-electron chi connectivity index (χ2n) is 2.83. The minimum absolute atomic E-state index is 0.0741. The summed E-state index contributed by atoms with van der Waals surface area (Å²) in [4.78, 5) is 2.67. The number of hydrogen-bond donors (Lipinski definition) is 1. The normalized spacial score (nSPS) is 9.47. The van der Waals surface area contributed by atoms with Crippen molar-refractivity contribution in [3.05, 3.63) is 32.6 Å². The molecule has 5 nitrogen and oxygen atoms in total. The van der Waals surface area contributed by atoms with Crippen molar-refractivity contribution in [2.24, 2.45) is 5.11 Å². The number of azide groups is 1. The maximum atomic E-state index is 9.54. The minimum Gasteiger partial charge on any atom is -0.503 e. The van der Waals surface area contributed by atoms with Gasteiger partial charge in [-0.3, -0.25) is 0 Å². The zero-order valence-corrected chi connectivity index (χ0v) is 9.73. The van der Waals surface area contributed by atoms with Crippen LogP contribution in [0.5, 0.6) is 11.5 Å². The number of aromatic hydroxyl groups is 1. The van der Waals surface area contributed by atoms with Gasteiger partial charge in [-0.15, -0.1) is 0 Å². The van der Waals surface area contributed by atoms with E-state index in [9.17, 15) is 5.11 Å². The van der Waals surface area contributed by atoms with E-state index in [1.807, 2.05) is 0 Å². The Hall–Kier alpha value is -1.39. The molecule has 0 heterocycles. The Morgan fingerprint density at radius 3 is 2.93 bits per heavy atom. The van der Waals surface area contributed by atoms with Crippen molar-refractivity contribution in [1.29, 1.82) is 0 Å². The lowest BCUT2D eigenvalue weighted by molar-refractivity contribution is 0.371. The molecule has 15 heavy (non-hydrogen) atoms. The van der Waals surface area contributed by atoms with Crippen molar-refractivity contribution in [3.8, 4) is 11.5 Å². The Kier molecular flexibility index (Phi) is 4.27. The third-order valence-corrected chi connectivity index (χ3v) is 2.48. The molecule has 6 heteroatoms. The predicted octanol–water partition coefficient (Wildman–Crippen LogP) is 3.02. The molecule has 0 radical (unpaired) electrons. The summed E-state index contributed by atoms with van der Waals surface area (Å²) in [5.74, 6) is 0.477. The molecule has 0 aliphatic carbocycles. The average molecular weight is 272 g/mol. The van der Waals surface area contributed by atoms with Crippen LogP contribution in [-0.4, -0.2) is 18.8 Å². The molecule has 0 atom stereocenters. The van der Waals surface area contributed by atoms with Crippen molar-refractivity contribution in [3.63, 3.8) is 0 Å². The summed E-state index contributed by atoms with van der Waals surface area (Å²) in [5, 5.41) is 13.0. The Balaban J connectivity index is 2.90. The van der Waals surface area contributed by atoms with Gasteiger partial charge in [0.05, 0.1) is 11.6 Å². The van der Waals surface area contributed by atoms with Crippen LogP contribution in [0.3, 0.4) is 0 Å². The van der Waals surface area contributed by atoms with Crippen molar-refractivity contribution in [2.75, 3.05) is 13.7 Å². The Bertz CT molecular complexity index is 403. The third kappa shape index (κ3) is 3.04. The number of phenols is 1. The van der Waals surface area contributed by atoms with Crippen LogP contribution in [0.2, 0.25) is 0 Å². The average Bonchev–Trinajstić information content (AvgIpc) is 2.23. The molecule has 1 rings (SSSR count). The predicted molar refractivity (Wildman–Crippen MR) is 60.1 cm³/mol. The lowest BCUT2D eigenvalue weighted by Crippen LogP contribution is -1.92. The number of nitrogens with zero attached hydrogens (tertiary/aromatic N) is 3. The van der Waals surface area contributed by atoms with Gasteiger partial charge in [0.25, 0.3) is 0 Å². The van der Waals surface area contributed by atoms with Crippen LogP contribution in [0.4, 0.5) is 0 Å². The van der Waals surface area contributed by atoms with Crippen LogP contribution in [0.15, 0.2) is 21.7 Å². The van der Waals surface area contributed by atoms with Gasteiger partial charge in [-0.05, 0) is 45.6 Å². The van der Waals surface area contributed by atoms with Crippen molar-refractivity contribution in [1.82, 2.24) is 0 Å². The lowest BCUT2D eigenvalue weighted by Gasteiger charge is -2.07. The first kappa shape index (κ1) is 11.7. The maximum Gasteiger partial charge on any atom is 0.172 e. The second-order valence-corrected chi connectivity index (χ2v) is 3.69. The van der Waals surface area contributed by atoms with Crippen LogP contribution in [0, 0.1) is 0 Å². The maximum absolute atomic E-state index is 9.54. The van der Waals surface area contributed by atoms with E-state index in [1.54, 1.807) is 12.1 Å². The highest BCUT2D eigenvalue weighted by Gasteiger charge is 2.07. The van der Waals surface area contributed by atoms with Crippen molar-refractivity contribution in [2.45, 2.75) is 6.42 Å². The Labute approximate surface area is 95.4 Å². The van der Waals surface area contributed by atoms with E-state index < -0.39 is 0 Å². The smallest absolute Gasteiger partial charge is 0.172 e. The number of benzene rings is 1. The molecule has 1 aromatic carbocycles. The number of rotatable bonds is 4. The first-order chi connectivity index (χ1) is 7.19. The monoisotopic (exact) mass is 271 g/mol. The standard InChI is InChI=1S/C9H10BrN3O2/c1-15-8-5-6(2-3-12-13-11)4-7(10)9(8)14/h4-5,14H,2-3H2,1H3. The highest BCUT2D eigenvalue weighted by atomic mass is 79.9. The van der Waals surface area contributed by atoms with Gasteiger partial charge in [-0.1, -0.05) is 5.11 Å². The molecule has 0 bridgehead atoms. The van der Waals surface area contributed by atoms with Gasteiger partial charge in [0.15, 0.2) is 11.5 Å². The fraction of sp³-hybridized carbons (Fsp3) is 0.333. The van der Waals surface area contributed by atoms with Crippen LogP contribution >= 0.6 is 15.9 Å². The highest BCUT2D eigenvalue weighted by molar-refractivity contribution is 9.10. The van der Waals surface area contributed by atoms with Gasteiger partial charge in [0, 0.05) is 11.5 Å². The summed E-state index contributed by atoms with van der Waals surface area (Å²) in [6.45, 7) is 0.386. The molecule has 1 aromatic rings. The third-order valence-electron chi connectivity index (χ3n) is 1.87. The lowest BCUT2D eigenvalue weighted by atomic mass is 10.1. The Morgan fingerprint density at radius 1 is 1.60 bits per heavy atom. The van der Waals surface area contributed by atoms with Crippen molar-refractivity contribution >= 4 is 15.9 Å². The highest BCUT2D eigenvalue weighted by Crippen LogP contribution is 2.35. The van der Waals surface area contributed by atoms with Crippen LogP contribution < -0.4 is 4.74 Å². The molecule has 0 aliphatic rings. The minimum atomic E-state index is 0.0741. The molecule has 0 spiro atoms. The van der Waals surface area contributed by atoms with E-state index in [-0.39, 0.29) is 5.75 Å². The first-order valence-corrected chi connectivity index (χ1v) is 5.04. The molecule has 0 saturated heterocycles. The fourth-order valence-corrected chi connectivity index (χ4v) is 1.64. The fourth-order valence-electron chi connectivity index (χ4n) is 1.15. The van der Waals surface area contributed by atoms with E-state index in [1.165, 1.54) is 7.11 Å². The van der Waals surface area contributed by atoms with Gasteiger partial charge in [-0.2, -0.15) is 0 Å². The molecule has 0 aliphatic heterocycles. The molecule has 0 saturated carbocycles. The van der Waals surface area contributed by atoms with E-state index in [4.69, 9.17) is 10.3 Å². The summed E-state index contributed by atoms with van der Waals surface area (Å²) in [6.07, 6.45) is 0.610. The molecular formula is C9H10BrN3O2. The van der Waals surface area contributed by atoms with E-state index in [0.29, 0.717) is 23.2 Å². The number of halogens is 1. The topological polar surface area (TPSA) is 78.2 Å². The summed E-state index contributed by atoms with van der Waals surface area (Å²) >= 11 is 3.21. The van der Waals surface area contributed by atoms with E-state index in [2.05, 4.69) is 26.0 Å². The van der Waals surface area contributed by atoms with Crippen LogP contribution in [0.1, 0.15) is 5.56 Å². The number of phenolic OH excluding ortho intramolecular Hbond substituents is 1. The molecule has 0 amide bonds. The van der Waals surface area contributed by atoms with Gasteiger partial charge in [0.2, 0.25) is 0 Å². The van der Waals surface area contributed by atoms with Gasteiger partial charge in [-0.25, -0.2) is 0 Å². The van der Waals surface area contributed by atoms with Gasteiger partial charge >= 0.3 is 0 Å². The van der Waals surface area contributed by atoms with Gasteiger partial charge < -0.3 is 9.84 Å². The summed E-state index contributed by atoms with van der Waals surface area (Å²) in [7, 11) is 1.48. The molecule has 80 valence electrons. The summed E-state index contributed by atoms with van der Waals surface area (Å²) in [6, 6.07) is 3.48. The SMILES string of the molecule is COc1cc(CCN=[N+]=[N-])cc(Br)c1O. The molecule has 0 unspecified atom stereocenters. The molecular weight excluding hydrogens is 262 g/mol. The van der Waals surface area contributed by atoms with Gasteiger partial charge in [0.1, 0.15) is 0 Å². The zero-order chi connectivity index (χ0) is 11.3. The quantitative estimate of drug-likeness (QED) is 0.519. The van der Waals surface area contributed by atoms with Crippen molar-refractivity contribution < 1.29 is 9.84 Å². The zero-order valence-electron chi connectivity index (χ0n) is 8.14. The number of hydrogen-bond acceptors (Lipinski definition) is 3. The molecule has 0 aromatic heterocycles. The van der Waals surface area contributed by atoms with Crippen LogP contribution in [-0.2, 0) is 6.42 Å². The Morgan fingerprint density at radius 2 is 2.33 bits per heavy atom. The molecule has 1 N–H and O–H groups in total. The van der Waals surface area contributed by atoms with E-state index in [0.717, 1.165) is 5.56 Å². The van der Waals surface area contributed by atoms with E-state index >= 15 is 0 Å². The van der Waals surface area contributed by atoms with Crippen LogP contribution in [0.25, 0.3) is 10.4 Å². The number of methoxy groups -OCH3 is 1. The summed E-state index contributed by atoms with van der Waals surface area (Å²) < 4.78 is 5.56. The molecule has 0 fully saturated rings. The number of ether oxygens (including phenoxy) is 1. The first-order valence-electron chi connectivity index (χ1n) is 4.25.